The van der Waals surface area contributed by atoms with Crippen molar-refractivity contribution in [3.8, 4) is 5.69 Å². The number of hydrogen-bond donors (Lipinski definition) is 2. The van der Waals surface area contributed by atoms with Gasteiger partial charge in [-0.25, -0.2) is 0 Å². The summed E-state index contributed by atoms with van der Waals surface area (Å²) < 4.78 is 1.96. The van der Waals surface area contributed by atoms with E-state index in [1.807, 2.05) is 54.2 Å². The summed E-state index contributed by atoms with van der Waals surface area (Å²) in [5, 5.41) is 9.63. The molecule has 0 spiro atoms. The number of hydrogen-bond acceptors (Lipinski definition) is 2. The van der Waals surface area contributed by atoms with Crippen molar-refractivity contribution in [2.45, 2.75) is 13.3 Å². The third-order valence-corrected chi connectivity index (χ3v) is 3.35. The molecule has 3 rings (SSSR count). The largest absolute Gasteiger partial charge is 0.324 e. The van der Waals surface area contributed by atoms with E-state index in [1.165, 1.54) is 0 Å². The van der Waals surface area contributed by atoms with Gasteiger partial charge in [0.2, 0.25) is 0 Å². The fourth-order valence-electron chi connectivity index (χ4n) is 2.19. The van der Waals surface area contributed by atoms with Crippen molar-refractivity contribution in [1.82, 2.24) is 14.8 Å². The van der Waals surface area contributed by atoms with Crippen molar-refractivity contribution < 1.29 is 4.79 Å². The van der Waals surface area contributed by atoms with Crippen molar-refractivity contribution in [2.24, 2.45) is 0 Å². The maximum absolute atomic E-state index is 12.3. The molecule has 0 atom stereocenters. The lowest BCUT2D eigenvalue weighted by Gasteiger charge is -2.07. The Bertz CT molecular complexity index is 743. The normalized spacial score (nSPS) is 10.5. The Morgan fingerprint density at radius 1 is 1.29 bits per heavy atom. The highest BCUT2D eigenvalue weighted by Crippen LogP contribution is 2.15. The average molecular weight is 280 g/mol. The minimum atomic E-state index is -0.150. The Morgan fingerprint density at radius 3 is 2.86 bits per heavy atom. The van der Waals surface area contributed by atoms with Crippen LogP contribution in [0.4, 0.5) is 5.82 Å². The lowest BCUT2D eigenvalue weighted by atomic mass is 10.2. The summed E-state index contributed by atoms with van der Waals surface area (Å²) in [4.78, 5) is 12.3. The number of carbonyl (C=O) groups is 1. The molecule has 0 saturated carbocycles. The molecule has 2 N–H and O–H groups in total. The number of nitrogens with one attached hydrogen (secondary N) is 2. The summed E-state index contributed by atoms with van der Waals surface area (Å²) in [7, 11) is 0. The molecule has 2 heterocycles. The van der Waals surface area contributed by atoms with Gasteiger partial charge in [0.25, 0.3) is 5.91 Å². The second-order valence-corrected chi connectivity index (χ2v) is 4.72. The third-order valence-electron chi connectivity index (χ3n) is 3.35. The number of aromatic amines is 1. The van der Waals surface area contributed by atoms with Gasteiger partial charge in [-0.3, -0.25) is 9.89 Å². The summed E-state index contributed by atoms with van der Waals surface area (Å²) >= 11 is 0. The molecule has 106 valence electrons. The van der Waals surface area contributed by atoms with Gasteiger partial charge in [-0.1, -0.05) is 13.0 Å². The highest BCUT2D eigenvalue weighted by molar-refractivity contribution is 6.04. The molecule has 1 amide bonds. The first-order valence-corrected chi connectivity index (χ1v) is 6.85. The predicted molar refractivity (Wildman–Crippen MR) is 81.7 cm³/mol. The maximum atomic E-state index is 12.3. The number of aromatic nitrogens is 3. The van der Waals surface area contributed by atoms with Crippen molar-refractivity contribution in [3.63, 3.8) is 0 Å². The smallest absolute Gasteiger partial charge is 0.256 e. The Kier molecular flexibility index (Phi) is 3.55. The molecule has 0 aliphatic heterocycles. The highest BCUT2D eigenvalue weighted by Gasteiger charge is 2.10. The van der Waals surface area contributed by atoms with Gasteiger partial charge < -0.3 is 9.88 Å². The summed E-state index contributed by atoms with van der Waals surface area (Å²) in [6.07, 6.45) is 6.43. The van der Waals surface area contributed by atoms with Gasteiger partial charge in [-0.05, 0) is 36.8 Å². The number of rotatable bonds is 4. The molecule has 21 heavy (non-hydrogen) atoms. The van der Waals surface area contributed by atoms with Gasteiger partial charge in [0.05, 0.1) is 6.20 Å². The van der Waals surface area contributed by atoms with Crippen LogP contribution >= 0.6 is 0 Å². The molecule has 2 aromatic heterocycles. The quantitative estimate of drug-likeness (QED) is 0.771. The third kappa shape index (κ3) is 2.72. The molecule has 0 radical (unpaired) electrons. The van der Waals surface area contributed by atoms with Gasteiger partial charge in [0, 0.05) is 29.2 Å². The molecule has 5 heteroatoms. The maximum Gasteiger partial charge on any atom is 0.256 e. The topological polar surface area (TPSA) is 62.7 Å². The number of carbonyl (C=O) groups excluding carboxylic acids is 1. The molecular formula is C16H16N4O. The van der Waals surface area contributed by atoms with Crippen LogP contribution in [0.1, 0.15) is 22.8 Å². The second kappa shape index (κ2) is 5.66. The minimum absolute atomic E-state index is 0.150. The van der Waals surface area contributed by atoms with Crippen LogP contribution in [-0.4, -0.2) is 20.7 Å². The van der Waals surface area contributed by atoms with E-state index in [-0.39, 0.29) is 5.91 Å². The van der Waals surface area contributed by atoms with Gasteiger partial charge in [-0.15, -0.1) is 0 Å². The summed E-state index contributed by atoms with van der Waals surface area (Å²) in [6.45, 7) is 2.02. The lowest BCUT2D eigenvalue weighted by molar-refractivity contribution is 0.102. The van der Waals surface area contributed by atoms with Crippen molar-refractivity contribution >= 4 is 11.7 Å². The van der Waals surface area contributed by atoms with Crippen LogP contribution in [-0.2, 0) is 6.42 Å². The molecule has 0 aliphatic rings. The Labute approximate surface area is 122 Å². The van der Waals surface area contributed by atoms with Gasteiger partial charge in [0.15, 0.2) is 0 Å². The SMILES string of the molecule is CCc1cn[nH]c1NC(=O)c1cccc(-n2cccc2)c1. The number of amides is 1. The first kappa shape index (κ1) is 13.2. The molecule has 5 nitrogen and oxygen atoms in total. The molecule has 0 bridgehead atoms. The zero-order valence-corrected chi connectivity index (χ0v) is 11.7. The van der Waals surface area contributed by atoms with Crippen molar-refractivity contribution in [1.29, 1.82) is 0 Å². The Balaban J connectivity index is 1.84. The molecular weight excluding hydrogens is 264 g/mol. The fraction of sp³-hybridized carbons (Fsp3) is 0.125. The number of aryl methyl sites for hydroxylation is 1. The zero-order chi connectivity index (χ0) is 14.7. The van der Waals surface area contributed by atoms with Crippen LogP contribution in [0.5, 0.6) is 0 Å². The van der Waals surface area contributed by atoms with E-state index in [0.717, 1.165) is 17.7 Å². The first-order chi connectivity index (χ1) is 10.3. The van der Waals surface area contributed by atoms with E-state index in [1.54, 1.807) is 12.3 Å². The Hall–Kier alpha value is -2.82. The average Bonchev–Trinajstić information content (AvgIpc) is 3.18. The van der Waals surface area contributed by atoms with E-state index in [4.69, 9.17) is 0 Å². The monoisotopic (exact) mass is 280 g/mol. The fourth-order valence-corrected chi connectivity index (χ4v) is 2.19. The number of anilines is 1. The number of benzene rings is 1. The molecule has 3 aromatic rings. The number of H-pyrrole nitrogens is 1. The number of nitrogens with zero attached hydrogens (tertiary/aromatic N) is 2. The second-order valence-electron chi connectivity index (χ2n) is 4.72. The van der Waals surface area contributed by atoms with Crippen LogP contribution in [0.25, 0.3) is 5.69 Å². The van der Waals surface area contributed by atoms with Crippen LogP contribution in [0.15, 0.2) is 55.0 Å². The molecule has 0 unspecified atom stereocenters. The highest BCUT2D eigenvalue weighted by atomic mass is 16.1. The van der Waals surface area contributed by atoms with Crippen molar-refractivity contribution in [3.05, 3.63) is 66.1 Å². The first-order valence-electron chi connectivity index (χ1n) is 6.85. The van der Waals surface area contributed by atoms with E-state index >= 15 is 0 Å². The van der Waals surface area contributed by atoms with Crippen molar-refractivity contribution in [2.75, 3.05) is 5.32 Å². The minimum Gasteiger partial charge on any atom is -0.324 e. The molecule has 0 fully saturated rings. The van der Waals surface area contributed by atoms with Gasteiger partial charge in [-0.2, -0.15) is 5.10 Å². The molecule has 0 aliphatic carbocycles. The standard InChI is InChI=1S/C16H16N4O/c1-2-12-11-17-19-15(12)18-16(21)13-6-5-7-14(10-13)20-8-3-4-9-20/h3-11H,2H2,1H3,(H2,17,18,19,21). The Morgan fingerprint density at radius 2 is 2.10 bits per heavy atom. The van der Waals surface area contributed by atoms with Gasteiger partial charge >= 0.3 is 0 Å². The summed E-state index contributed by atoms with van der Waals surface area (Å²) in [5.41, 5.74) is 2.55. The summed E-state index contributed by atoms with van der Waals surface area (Å²) in [6, 6.07) is 11.4. The lowest BCUT2D eigenvalue weighted by Crippen LogP contribution is -2.13. The van der Waals surface area contributed by atoms with Crippen LogP contribution in [0.2, 0.25) is 0 Å². The molecule has 0 saturated heterocycles. The predicted octanol–water partition coefficient (Wildman–Crippen LogP) is 3.02. The van der Waals surface area contributed by atoms with E-state index < -0.39 is 0 Å². The van der Waals surface area contributed by atoms with E-state index in [2.05, 4.69) is 15.5 Å². The summed E-state index contributed by atoms with van der Waals surface area (Å²) in [5.74, 6) is 0.511. The van der Waals surface area contributed by atoms with E-state index in [0.29, 0.717) is 11.4 Å². The van der Waals surface area contributed by atoms with Gasteiger partial charge in [0.1, 0.15) is 5.82 Å². The van der Waals surface area contributed by atoms with Crippen LogP contribution in [0, 0.1) is 0 Å². The molecule has 1 aromatic carbocycles. The van der Waals surface area contributed by atoms with Crippen LogP contribution < -0.4 is 5.32 Å². The zero-order valence-electron chi connectivity index (χ0n) is 11.7. The van der Waals surface area contributed by atoms with Crippen LogP contribution in [0.3, 0.4) is 0 Å². The van der Waals surface area contributed by atoms with E-state index in [9.17, 15) is 4.79 Å².